The van der Waals surface area contributed by atoms with Crippen LogP contribution in [0, 0.1) is 0 Å². The van der Waals surface area contributed by atoms with Gasteiger partial charge in [-0.25, -0.2) is 4.98 Å². The van der Waals surface area contributed by atoms with E-state index in [0.29, 0.717) is 0 Å². The molecule has 102 valence electrons. The third kappa shape index (κ3) is 2.58. The summed E-state index contributed by atoms with van der Waals surface area (Å²) in [6.07, 6.45) is 0. The van der Waals surface area contributed by atoms with E-state index < -0.39 is 0 Å². The van der Waals surface area contributed by atoms with Crippen LogP contribution in [0.15, 0.2) is 47.6 Å². The predicted molar refractivity (Wildman–Crippen MR) is 83.1 cm³/mol. The maximum atomic E-state index is 5.98. The third-order valence-corrected chi connectivity index (χ3v) is 4.00. The Morgan fingerprint density at radius 2 is 2.10 bits per heavy atom. The monoisotopic (exact) mass is 285 g/mol. The maximum Gasteiger partial charge on any atom is 0.166 e. The van der Waals surface area contributed by atoms with Crippen molar-refractivity contribution >= 4 is 28.5 Å². The molecule has 0 amide bonds. The number of aromatic amines is 1. The topological polar surface area (TPSA) is 63.9 Å². The standard InChI is InChI=1S/C15H15N3OS/c1-19-11-6-7-12(16)10(8-11)9-20-15-17-13-4-2-3-5-14(13)18-15/h2-8H,9,16H2,1H3,(H,17,18). The van der Waals surface area contributed by atoms with Gasteiger partial charge in [0.1, 0.15) is 5.75 Å². The molecule has 0 saturated carbocycles. The number of nitrogens with one attached hydrogen (secondary N) is 1. The van der Waals surface area contributed by atoms with E-state index in [4.69, 9.17) is 10.5 Å². The normalized spacial score (nSPS) is 10.8. The number of anilines is 1. The number of imidazole rings is 1. The largest absolute Gasteiger partial charge is 0.497 e. The molecule has 0 spiro atoms. The molecule has 2 aromatic carbocycles. The molecule has 20 heavy (non-hydrogen) atoms. The molecule has 0 unspecified atom stereocenters. The highest BCUT2D eigenvalue weighted by molar-refractivity contribution is 7.98. The van der Waals surface area contributed by atoms with Crippen LogP contribution in [0.2, 0.25) is 0 Å². The molecule has 0 radical (unpaired) electrons. The molecule has 3 aromatic rings. The highest BCUT2D eigenvalue weighted by atomic mass is 32.2. The van der Waals surface area contributed by atoms with Gasteiger partial charge in [-0.3, -0.25) is 0 Å². The maximum absolute atomic E-state index is 5.98. The number of rotatable bonds is 4. The van der Waals surface area contributed by atoms with Gasteiger partial charge >= 0.3 is 0 Å². The van der Waals surface area contributed by atoms with E-state index in [2.05, 4.69) is 9.97 Å². The molecule has 1 heterocycles. The number of hydrogen-bond acceptors (Lipinski definition) is 4. The molecule has 0 atom stereocenters. The molecule has 0 aliphatic rings. The Balaban J connectivity index is 1.79. The van der Waals surface area contributed by atoms with E-state index in [1.165, 1.54) is 0 Å². The predicted octanol–water partition coefficient (Wildman–Crippen LogP) is 3.45. The van der Waals surface area contributed by atoms with Gasteiger partial charge in [-0.1, -0.05) is 23.9 Å². The molecule has 0 saturated heterocycles. The number of ether oxygens (including phenoxy) is 1. The summed E-state index contributed by atoms with van der Waals surface area (Å²) in [5.41, 5.74) is 9.84. The third-order valence-electron chi connectivity index (χ3n) is 3.08. The van der Waals surface area contributed by atoms with Gasteiger partial charge in [-0.05, 0) is 35.9 Å². The lowest BCUT2D eigenvalue weighted by molar-refractivity contribution is 0.414. The second kappa shape index (κ2) is 5.46. The van der Waals surface area contributed by atoms with Crippen LogP contribution >= 0.6 is 11.8 Å². The van der Waals surface area contributed by atoms with Crippen LogP contribution in [0.3, 0.4) is 0 Å². The van der Waals surface area contributed by atoms with Gasteiger partial charge < -0.3 is 15.5 Å². The number of fused-ring (bicyclic) bond motifs is 1. The van der Waals surface area contributed by atoms with Crippen LogP contribution < -0.4 is 10.5 Å². The summed E-state index contributed by atoms with van der Waals surface area (Å²) >= 11 is 1.63. The minimum Gasteiger partial charge on any atom is -0.497 e. The average Bonchev–Trinajstić information content (AvgIpc) is 2.89. The van der Waals surface area contributed by atoms with Gasteiger partial charge in [0.05, 0.1) is 18.1 Å². The summed E-state index contributed by atoms with van der Waals surface area (Å²) in [7, 11) is 1.65. The lowest BCUT2D eigenvalue weighted by Crippen LogP contribution is -1.94. The van der Waals surface area contributed by atoms with Crippen LogP contribution in [0.1, 0.15) is 5.56 Å². The van der Waals surface area contributed by atoms with Crippen LogP contribution in [-0.2, 0) is 5.75 Å². The van der Waals surface area contributed by atoms with Crippen molar-refractivity contribution in [2.75, 3.05) is 12.8 Å². The van der Waals surface area contributed by atoms with Crippen molar-refractivity contribution in [1.29, 1.82) is 0 Å². The van der Waals surface area contributed by atoms with Crippen LogP contribution in [0.5, 0.6) is 5.75 Å². The van der Waals surface area contributed by atoms with Gasteiger partial charge in [-0.15, -0.1) is 0 Å². The number of thioether (sulfide) groups is 1. The summed E-state index contributed by atoms with van der Waals surface area (Å²) in [5.74, 6) is 1.57. The Bertz CT molecular complexity index is 706. The van der Waals surface area contributed by atoms with Crippen LogP contribution in [0.25, 0.3) is 11.0 Å². The lowest BCUT2D eigenvalue weighted by atomic mass is 10.2. The van der Waals surface area contributed by atoms with Crippen LogP contribution in [-0.4, -0.2) is 17.1 Å². The number of H-pyrrole nitrogens is 1. The fourth-order valence-electron chi connectivity index (χ4n) is 1.98. The van der Waals surface area contributed by atoms with Crippen molar-refractivity contribution in [1.82, 2.24) is 9.97 Å². The number of para-hydroxylation sites is 2. The SMILES string of the molecule is COc1ccc(N)c(CSc2nc3ccccc3[nH]2)c1. The highest BCUT2D eigenvalue weighted by Gasteiger charge is 2.06. The van der Waals surface area contributed by atoms with Gasteiger partial charge in [0, 0.05) is 11.4 Å². The minimum absolute atomic E-state index is 0.753. The van der Waals surface area contributed by atoms with E-state index >= 15 is 0 Å². The first kappa shape index (κ1) is 12.9. The molecule has 3 N–H and O–H groups in total. The molecule has 0 aliphatic heterocycles. The summed E-state index contributed by atoms with van der Waals surface area (Å²) in [4.78, 5) is 7.83. The van der Waals surface area contributed by atoms with Crippen molar-refractivity contribution in [3.8, 4) is 5.75 Å². The number of nitrogens with two attached hydrogens (primary N) is 1. The Hall–Kier alpha value is -2.14. The van der Waals surface area contributed by atoms with E-state index in [1.807, 2.05) is 42.5 Å². The van der Waals surface area contributed by atoms with Crippen molar-refractivity contribution in [2.24, 2.45) is 0 Å². The van der Waals surface area contributed by atoms with Crippen molar-refractivity contribution in [3.05, 3.63) is 48.0 Å². The molecule has 0 fully saturated rings. The first-order valence-electron chi connectivity index (χ1n) is 6.26. The number of methoxy groups -OCH3 is 1. The van der Waals surface area contributed by atoms with E-state index in [-0.39, 0.29) is 0 Å². The van der Waals surface area contributed by atoms with Crippen LogP contribution in [0.4, 0.5) is 5.69 Å². The highest BCUT2D eigenvalue weighted by Crippen LogP contribution is 2.27. The Morgan fingerprint density at radius 1 is 1.25 bits per heavy atom. The molecule has 1 aromatic heterocycles. The smallest absolute Gasteiger partial charge is 0.166 e. The number of nitrogen functional groups attached to an aromatic ring is 1. The Morgan fingerprint density at radius 3 is 2.90 bits per heavy atom. The molecule has 4 nitrogen and oxygen atoms in total. The fraction of sp³-hybridized carbons (Fsp3) is 0.133. The zero-order chi connectivity index (χ0) is 13.9. The van der Waals surface area contributed by atoms with E-state index in [1.54, 1.807) is 18.9 Å². The van der Waals surface area contributed by atoms with Gasteiger partial charge in [0.25, 0.3) is 0 Å². The number of nitrogens with zero attached hydrogens (tertiary/aromatic N) is 1. The first-order chi connectivity index (χ1) is 9.76. The minimum atomic E-state index is 0.753. The van der Waals surface area contributed by atoms with E-state index in [9.17, 15) is 0 Å². The summed E-state index contributed by atoms with van der Waals surface area (Å²) < 4.78 is 5.22. The first-order valence-corrected chi connectivity index (χ1v) is 7.25. The van der Waals surface area contributed by atoms with Gasteiger partial charge in [0.2, 0.25) is 0 Å². The van der Waals surface area contributed by atoms with Crippen molar-refractivity contribution < 1.29 is 4.74 Å². The zero-order valence-corrected chi connectivity index (χ0v) is 11.9. The molecule has 5 heteroatoms. The van der Waals surface area contributed by atoms with Gasteiger partial charge in [0.15, 0.2) is 5.16 Å². The Labute approximate surface area is 121 Å². The second-order valence-corrected chi connectivity index (χ2v) is 5.38. The molecule has 0 aliphatic carbocycles. The summed E-state index contributed by atoms with van der Waals surface area (Å²) in [6, 6.07) is 13.7. The number of hydrogen-bond donors (Lipinski definition) is 2. The van der Waals surface area contributed by atoms with E-state index in [0.717, 1.165) is 38.9 Å². The molecular weight excluding hydrogens is 270 g/mol. The average molecular weight is 285 g/mol. The molecular formula is C15H15N3OS. The Kier molecular flexibility index (Phi) is 3.52. The molecule has 3 rings (SSSR count). The van der Waals surface area contributed by atoms with Crippen molar-refractivity contribution in [3.63, 3.8) is 0 Å². The number of aromatic nitrogens is 2. The lowest BCUT2D eigenvalue weighted by Gasteiger charge is -2.06. The summed E-state index contributed by atoms with van der Waals surface area (Å²) in [6.45, 7) is 0. The van der Waals surface area contributed by atoms with Crippen molar-refractivity contribution in [2.45, 2.75) is 10.9 Å². The second-order valence-electron chi connectivity index (χ2n) is 4.41. The zero-order valence-electron chi connectivity index (χ0n) is 11.1. The quantitative estimate of drug-likeness (QED) is 0.569. The number of benzene rings is 2. The molecule has 0 bridgehead atoms. The van der Waals surface area contributed by atoms with Gasteiger partial charge in [-0.2, -0.15) is 0 Å². The fourth-order valence-corrected chi connectivity index (χ4v) is 2.87. The summed E-state index contributed by atoms with van der Waals surface area (Å²) in [5, 5.41) is 0.897.